The average Bonchev–Trinajstić information content (AvgIpc) is 3.10. The van der Waals surface area contributed by atoms with Gasteiger partial charge in [-0.15, -0.1) is 11.3 Å². The Morgan fingerprint density at radius 3 is 2.90 bits per heavy atom. The lowest BCUT2D eigenvalue weighted by atomic mass is 10.3. The molecule has 8 heteroatoms. The Labute approximate surface area is 132 Å². The van der Waals surface area contributed by atoms with Crippen molar-refractivity contribution in [3.8, 4) is 5.75 Å². The summed E-state index contributed by atoms with van der Waals surface area (Å²) in [7, 11) is -3.47. The first kappa shape index (κ1) is 14.8. The lowest BCUT2D eigenvalue weighted by molar-refractivity contribution is 0.215. The summed E-state index contributed by atoms with van der Waals surface area (Å²) in [6.07, 6.45) is 3.79. The first-order valence-electron chi connectivity index (χ1n) is 6.38. The molecule has 1 atom stereocenters. The molecular formula is C13H13ClN2O3S2. The predicted molar refractivity (Wildman–Crippen MR) is 81.4 cm³/mol. The molecule has 5 nitrogen and oxygen atoms in total. The summed E-state index contributed by atoms with van der Waals surface area (Å²) in [6, 6.07) is 6.73. The fourth-order valence-electron chi connectivity index (χ4n) is 2.19. The van der Waals surface area contributed by atoms with E-state index < -0.39 is 10.0 Å². The van der Waals surface area contributed by atoms with Gasteiger partial charge >= 0.3 is 0 Å². The van der Waals surface area contributed by atoms with Gasteiger partial charge in [0.1, 0.15) is 16.1 Å². The topological polar surface area (TPSA) is 59.5 Å². The molecule has 0 spiro atoms. The van der Waals surface area contributed by atoms with Crippen LogP contribution in [0.15, 0.2) is 40.9 Å². The van der Waals surface area contributed by atoms with Gasteiger partial charge in [-0.05, 0) is 30.7 Å². The van der Waals surface area contributed by atoms with Crippen LogP contribution in [0.4, 0.5) is 0 Å². The highest BCUT2D eigenvalue weighted by Crippen LogP contribution is 2.30. The first-order valence-corrected chi connectivity index (χ1v) is 9.01. The maximum Gasteiger partial charge on any atom is 0.252 e. The highest BCUT2D eigenvalue weighted by Gasteiger charge is 2.34. The van der Waals surface area contributed by atoms with Crippen molar-refractivity contribution < 1.29 is 13.2 Å². The molecule has 1 fully saturated rings. The summed E-state index contributed by atoms with van der Waals surface area (Å²) >= 11 is 6.88. The normalized spacial score (nSPS) is 19.8. The van der Waals surface area contributed by atoms with Gasteiger partial charge in [-0.1, -0.05) is 11.6 Å². The van der Waals surface area contributed by atoms with Crippen LogP contribution in [0.5, 0.6) is 5.75 Å². The molecule has 1 aliphatic heterocycles. The van der Waals surface area contributed by atoms with Gasteiger partial charge in [-0.3, -0.25) is 4.98 Å². The standard InChI is InChI=1S/C13H13ClN2O3S2/c14-12-3-4-13(20-12)21(17,18)16-7-5-11(9-16)19-10-2-1-6-15-8-10/h1-4,6,8,11H,5,7,9H2. The zero-order valence-electron chi connectivity index (χ0n) is 11.0. The van der Waals surface area contributed by atoms with E-state index in [1.165, 1.54) is 10.4 Å². The summed E-state index contributed by atoms with van der Waals surface area (Å²) in [6.45, 7) is 0.787. The second-order valence-electron chi connectivity index (χ2n) is 4.64. The Hall–Kier alpha value is -1.15. The molecule has 1 aliphatic rings. The molecule has 0 aromatic carbocycles. The van der Waals surface area contributed by atoms with E-state index in [0.717, 1.165) is 11.3 Å². The molecule has 2 aromatic rings. The largest absolute Gasteiger partial charge is 0.487 e. The number of pyridine rings is 1. The fourth-order valence-corrected chi connectivity index (χ4v) is 5.31. The number of aromatic nitrogens is 1. The van der Waals surface area contributed by atoms with E-state index in [4.69, 9.17) is 16.3 Å². The van der Waals surface area contributed by atoms with Crippen molar-refractivity contribution in [2.75, 3.05) is 13.1 Å². The highest BCUT2D eigenvalue weighted by molar-refractivity contribution is 7.91. The van der Waals surface area contributed by atoms with Crippen molar-refractivity contribution in [3.63, 3.8) is 0 Å². The minimum absolute atomic E-state index is 0.153. The van der Waals surface area contributed by atoms with Crippen LogP contribution < -0.4 is 4.74 Å². The Bertz CT molecular complexity index is 718. The minimum atomic E-state index is -3.47. The second-order valence-corrected chi connectivity index (χ2v) is 8.52. The van der Waals surface area contributed by atoms with Gasteiger partial charge in [-0.2, -0.15) is 4.31 Å². The second kappa shape index (κ2) is 5.92. The third-order valence-electron chi connectivity index (χ3n) is 3.19. The highest BCUT2D eigenvalue weighted by atomic mass is 35.5. The molecule has 0 N–H and O–H groups in total. The summed E-state index contributed by atoms with van der Waals surface area (Å²) in [5.41, 5.74) is 0. The Morgan fingerprint density at radius 2 is 2.24 bits per heavy atom. The van der Waals surface area contributed by atoms with E-state index in [-0.39, 0.29) is 10.3 Å². The number of rotatable bonds is 4. The molecule has 1 unspecified atom stereocenters. The van der Waals surface area contributed by atoms with Gasteiger partial charge < -0.3 is 4.74 Å². The van der Waals surface area contributed by atoms with E-state index in [0.29, 0.717) is 29.6 Å². The van der Waals surface area contributed by atoms with Crippen LogP contribution in [-0.2, 0) is 10.0 Å². The molecule has 0 bridgehead atoms. The van der Waals surface area contributed by atoms with E-state index >= 15 is 0 Å². The van der Waals surface area contributed by atoms with E-state index in [1.54, 1.807) is 24.5 Å². The van der Waals surface area contributed by atoms with Crippen LogP contribution in [0.1, 0.15) is 6.42 Å². The molecule has 0 radical (unpaired) electrons. The quantitative estimate of drug-likeness (QED) is 0.855. The van der Waals surface area contributed by atoms with Gasteiger partial charge in [0.15, 0.2) is 0 Å². The molecule has 1 saturated heterocycles. The third-order valence-corrected chi connectivity index (χ3v) is 6.75. The molecule has 112 valence electrons. The van der Waals surface area contributed by atoms with Crippen molar-refractivity contribution in [1.82, 2.24) is 9.29 Å². The van der Waals surface area contributed by atoms with Crippen LogP contribution in [0.25, 0.3) is 0 Å². The number of nitrogens with zero attached hydrogens (tertiary/aromatic N) is 2. The van der Waals surface area contributed by atoms with Crippen molar-refractivity contribution >= 4 is 33.0 Å². The molecule has 3 heterocycles. The van der Waals surface area contributed by atoms with Crippen LogP contribution in [0, 0.1) is 0 Å². The van der Waals surface area contributed by atoms with Gasteiger partial charge in [0.25, 0.3) is 10.0 Å². The number of sulfonamides is 1. The van der Waals surface area contributed by atoms with Crippen molar-refractivity contribution in [3.05, 3.63) is 41.0 Å². The van der Waals surface area contributed by atoms with Crippen molar-refractivity contribution in [2.24, 2.45) is 0 Å². The predicted octanol–water partition coefficient (Wildman–Crippen LogP) is 2.64. The zero-order chi connectivity index (χ0) is 14.9. The summed E-state index contributed by atoms with van der Waals surface area (Å²) < 4.78 is 32.8. The molecule has 21 heavy (non-hydrogen) atoms. The first-order chi connectivity index (χ1) is 10.1. The third kappa shape index (κ3) is 3.21. The number of hydrogen-bond acceptors (Lipinski definition) is 5. The smallest absolute Gasteiger partial charge is 0.252 e. The zero-order valence-corrected chi connectivity index (χ0v) is 13.4. The van der Waals surface area contributed by atoms with Gasteiger partial charge in [0.05, 0.1) is 17.1 Å². The van der Waals surface area contributed by atoms with Gasteiger partial charge in [0.2, 0.25) is 0 Å². The van der Waals surface area contributed by atoms with Crippen LogP contribution in [0.2, 0.25) is 4.34 Å². The Balaban J connectivity index is 1.69. The summed E-state index contributed by atoms with van der Waals surface area (Å²) in [5, 5.41) is 0. The van der Waals surface area contributed by atoms with Crippen molar-refractivity contribution in [2.45, 2.75) is 16.7 Å². The molecule has 3 rings (SSSR count). The molecule has 0 saturated carbocycles. The monoisotopic (exact) mass is 344 g/mol. The number of ether oxygens (including phenoxy) is 1. The molecule has 2 aromatic heterocycles. The lowest BCUT2D eigenvalue weighted by Gasteiger charge is -2.16. The van der Waals surface area contributed by atoms with E-state index in [9.17, 15) is 8.42 Å². The fraction of sp³-hybridized carbons (Fsp3) is 0.308. The van der Waals surface area contributed by atoms with Crippen molar-refractivity contribution in [1.29, 1.82) is 0 Å². The maximum atomic E-state index is 12.5. The van der Waals surface area contributed by atoms with Crippen LogP contribution in [0.3, 0.4) is 0 Å². The summed E-state index contributed by atoms with van der Waals surface area (Å²) in [4.78, 5) is 3.98. The average molecular weight is 345 g/mol. The maximum absolute atomic E-state index is 12.5. The van der Waals surface area contributed by atoms with Crippen LogP contribution >= 0.6 is 22.9 Å². The Morgan fingerprint density at radius 1 is 1.38 bits per heavy atom. The molecular weight excluding hydrogens is 332 g/mol. The van der Waals surface area contributed by atoms with E-state index in [1.807, 2.05) is 6.07 Å². The lowest BCUT2D eigenvalue weighted by Crippen LogP contribution is -2.30. The van der Waals surface area contributed by atoms with Crippen LogP contribution in [-0.4, -0.2) is 36.9 Å². The number of halogens is 1. The number of thiophene rings is 1. The van der Waals surface area contributed by atoms with E-state index in [2.05, 4.69) is 4.98 Å². The summed E-state index contributed by atoms with van der Waals surface area (Å²) in [5.74, 6) is 0.654. The van der Waals surface area contributed by atoms with Gasteiger partial charge in [-0.25, -0.2) is 8.42 Å². The van der Waals surface area contributed by atoms with Gasteiger partial charge in [0, 0.05) is 12.7 Å². The minimum Gasteiger partial charge on any atom is -0.487 e. The Kier molecular flexibility index (Phi) is 4.17. The molecule has 0 aliphatic carbocycles. The molecule has 0 amide bonds. The number of hydrogen-bond donors (Lipinski definition) is 0. The SMILES string of the molecule is O=S(=O)(c1ccc(Cl)s1)N1CCC(Oc2cccnc2)C1.